The Labute approximate surface area is 213 Å². The second kappa shape index (κ2) is 10.2. The Morgan fingerprint density at radius 2 is 2.00 bits per heavy atom. The maximum absolute atomic E-state index is 13.9. The number of carbonyl (C=O) groups excluding carboxylic acids is 1. The molecule has 9 nitrogen and oxygen atoms in total. The molecule has 2 aromatic heterocycles. The van der Waals surface area contributed by atoms with Crippen molar-refractivity contribution in [3.8, 4) is 22.8 Å². The lowest BCUT2D eigenvalue weighted by Crippen LogP contribution is -2.51. The van der Waals surface area contributed by atoms with Gasteiger partial charge >= 0.3 is 0 Å². The fraction of sp³-hybridized carbons (Fsp3) is 0.185. The van der Waals surface area contributed by atoms with E-state index in [1.165, 1.54) is 25.3 Å². The lowest BCUT2D eigenvalue weighted by molar-refractivity contribution is -0.111. The van der Waals surface area contributed by atoms with E-state index >= 15 is 0 Å². The van der Waals surface area contributed by atoms with Gasteiger partial charge in [0.05, 0.1) is 24.2 Å². The van der Waals surface area contributed by atoms with Gasteiger partial charge < -0.3 is 20.1 Å². The van der Waals surface area contributed by atoms with Crippen LogP contribution >= 0.6 is 0 Å². The van der Waals surface area contributed by atoms with Crippen molar-refractivity contribution in [2.45, 2.75) is 6.10 Å². The highest BCUT2D eigenvalue weighted by Gasteiger charge is 2.27. The normalized spacial score (nSPS) is 13.6. The quantitative estimate of drug-likeness (QED) is 0.343. The molecule has 188 valence electrons. The van der Waals surface area contributed by atoms with Crippen molar-refractivity contribution in [1.82, 2.24) is 19.9 Å². The second-order valence-electron chi connectivity index (χ2n) is 8.63. The number of methoxy groups -OCH3 is 1. The van der Waals surface area contributed by atoms with Gasteiger partial charge in [0.2, 0.25) is 11.9 Å². The lowest BCUT2D eigenvalue weighted by atomic mass is 10.1. The molecule has 10 heteroatoms. The summed E-state index contributed by atoms with van der Waals surface area (Å²) in [6, 6.07) is 11.4. The molecule has 1 aliphatic heterocycles. The number of nitrogens with zero attached hydrogens (tertiary/aromatic N) is 4. The Balaban J connectivity index is 1.52. The number of carbonyl (C=O) groups is 1. The van der Waals surface area contributed by atoms with Gasteiger partial charge in [-0.25, -0.2) is 14.4 Å². The summed E-state index contributed by atoms with van der Waals surface area (Å²) in [5.41, 5.74) is 2.65. The van der Waals surface area contributed by atoms with Crippen LogP contribution in [0.15, 0.2) is 67.5 Å². The predicted molar refractivity (Wildman–Crippen MR) is 140 cm³/mol. The first-order valence-electron chi connectivity index (χ1n) is 11.6. The molecule has 2 N–H and O–H groups in total. The Bertz CT molecular complexity index is 1490. The number of aromatic nitrogens is 3. The number of pyridine rings is 1. The third kappa shape index (κ3) is 5.19. The van der Waals surface area contributed by atoms with Gasteiger partial charge in [-0.05, 0) is 37.4 Å². The molecule has 0 aliphatic carbocycles. The largest absolute Gasteiger partial charge is 0.494 e. The van der Waals surface area contributed by atoms with Crippen molar-refractivity contribution >= 4 is 34.1 Å². The molecule has 2 aromatic carbocycles. The smallest absolute Gasteiger partial charge is 0.247 e. The van der Waals surface area contributed by atoms with Crippen LogP contribution in [0.4, 0.5) is 21.7 Å². The zero-order valence-corrected chi connectivity index (χ0v) is 20.4. The minimum Gasteiger partial charge on any atom is -0.494 e. The maximum Gasteiger partial charge on any atom is 0.247 e. The van der Waals surface area contributed by atoms with E-state index in [0.717, 1.165) is 18.5 Å². The summed E-state index contributed by atoms with van der Waals surface area (Å²) >= 11 is 0. The SMILES string of the molecule is C=CC(=O)Nc1cc(Nc2ncc3ccnc(-c4cccc(F)c4)c3n2)c(OC)cc1OC1CN(C)C1. The molecule has 0 bridgehead atoms. The highest BCUT2D eigenvalue weighted by molar-refractivity contribution is 6.00. The lowest BCUT2D eigenvalue weighted by Gasteiger charge is -2.36. The molecular weight excluding hydrogens is 475 g/mol. The number of nitrogens with one attached hydrogen (secondary N) is 2. The van der Waals surface area contributed by atoms with Gasteiger partial charge in [0, 0.05) is 42.5 Å². The zero-order valence-electron chi connectivity index (χ0n) is 20.4. The van der Waals surface area contributed by atoms with Gasteiger partial charge in [-0.15, -0.1) is 0 Å². The van der Waals surface area contributed by atoms with E-state index in [2.05, 4.69) is 37.1 Å². The first-order valence-corrected chi connectivity index (χ1v) is 11.6. The van der Waals surface area contributed by atoms with Gasteiger partial charge in [-0.1, -0.05) is 18.7 Å². The van der Waals surface area contributed by atoms with Crippen molar-refractivity contribution in [3.63, 3.8) is 0 Å². The van der Waals surface area contributed by atoms with Crippen molar-refractivity contribution < 1.29 is 18.7 Å². The minimum atomic E-state index is -0.376. The van der Waals surface area contributed by atoms with Crippen LogP contribution in [0.3, 0.4) is 0 Å². The molecule has 3 heterocycles. The van der Waals surface area contributed by atoms with Crippen molar-refractivity contribution in [1.29, 1.82) is 0 Å². The van der Waals surface area contributed by atoms with Crippen LogP contribution in [0.25, 0.3) is 22.2 Å². The maximum atomic E-state index is 13.9. The van der Waals surface area contributed by atoms with Crippen LogP contribution in [-0.2, 0) is 4.79 Å². The highest BCUT2D eigenvalue weighted by Crippen LogP contribution is 2.39. The number of amides is 1. The third-order valence-corrected chi connectivity index (χ3v) is 5.91. The first-order chi connectivity index (χ1) is 17.9. The van der Waals surface area contributed by atoms with Crippen LogP contribution in [0, 0.1) is 5.82 Å². The van der Waals surface area contributed by atoms with E-state index in [0.29, 0.717) is 39.6 Å². The number of rotatable bonds is 8. The fourth-order valence-corrected chi connectivity index (χ4v) is 4.09. The predicted octanol–water partition coefficient (Wildman–Crippen LogP) is 4.40. The van der Waals surface area contributed by atoms with Gasteiger partial charge in [0.1, 0.15) is 28.9 Å². The van der Waals surface area contributed by atoms with Crippen molar-refractivity contribution in [3.05, 3.63) is 73.3 Å². The fourth-order valence-electron chi connectivity index (χ4n) is 4.09. The third-order valence-electron chi connectivity index (χ3n) is 5.91. The monoisotopic (exact) mass is 500 g/mol. The number of anilines is 3. The van der Waals surface area contributed by atoms with Crippen LogP contribution in [0.2, 0.25) is 0 Å². The average Bonchev–Trinajstić information content (AvgIpc) is 2.88. The first kappa shape index (κ1) is 24.1. The van der Waals surface area contributed by atoms with E-state index in [1.807, 2.05) is 7.05 Å². The molecule has 0 atom stereocenters. The highest BCUT2D eigenvalue weighted by atomic mass is 19.1. The molecule has 0 radical (unpaired) electrons. The zero-order chi connectivity index (χ0) is 25.9. The Hall–Kier alpha value is -4.57. The van der Waals surface area contributed by atoms with Crippen LogP contribution in [0.5, 0.6) is 11.5 Å². The Morgan fingerprint density at radius 1 is 1.16 bits per heavy atom. The molecule has 1 fully saturated rings. The van der Waals surface area contributed by atoms with E-state index < -0.39 is 0 Å². The summed E-state index contributed by atoms with van der Waals surface area (Å²) in [5, 5.41) is 6.70. The van der Waals surface area contributed by atoms with E-state index in [9.17, 15) is 9.18 Å². The molecule has 1 amide bonds. The van der Waals surface area contributed by atoms with Gasteiger partial charge in [-0.3, -0.25) is 14.7 Å². The van der Waals surface area contributed by atoms with Crippen molar-refractivity contribution in [2.24, 2.45) is 0 Å². The number of halogens is 1. The van der Waals surface area contributed by atoms with Crippen LogP contribution in [0.1, 0.15) is 0 Å². The number of fused-ring (bicyclic) bond motifs is 1. The molecule has 37 heavy (non-hydrogen) atoms. The molecule has 5 rings (SSSR count). The number of hydrogen-bond donors (Lipinski definition) is 2. The molecular formula is C27H25FN6O3. The van der Waals surface area contributed by atoms with E-state index in [1.54, 1.807) is 42.7 Å². The summed E-state index contributed by atoms with van der Waals surface area (Å²) in [6.07, 6.45) is 4.48. The molecule has 1 aliphatic rings. The van der Waals surface area contributed by atoms with Crippen LogP contribution in [-0.4, -0.2) is 59.1 Å². The Morgan fingerprint density at radius 3 is 2.73 bits per heavy atom. The summed E-state index contributed by atoms with van der Waals surface area (Å²) < 4.78 is 25.6. The standard InChI is InChI=1S/C27H25FN6O3/c1-4-24(35)31-21-11-20(22(36-3)12-23(21)37-19-14-34(2)15-19)32-27-30-13-17-8-9-29-25(26(17)33-27)16-6-5-7-18(28)10-16/h4-13,19H,1,14-15H2,2-3H3,(H,31,35)(H,30,32,33). The molecule has 0 unspecified atom stereocenters. The van der Waals surface area contributed by atoms with Gasteiger partial charge in [0.15, 0.2) is 0 Å². The van der Waals surface area contributed by atoms with E-state index in [-0.39, 0.29) is 23.8 Å². The summed E-state index contributed by atoms with van der Waals surface area (Å²) in [5.74, 6) is 0.483. The number of benzene rings is 2. The summed E-state index contributed by atoms with van der Waals surface area (Å²) in [6.45, 7) is 5.09. The van der Waals surface area contributed by atoms with Gasteiger partial charge in [-0.2, -0.15) is 0 Å². The number of hydrogen-bond acceptors (Lipinski definition) is 8. The topological polar surface area (TPSA) is 102 Å². The molecule has 1 saturated heterocycles. The second-order valence-corrected chi connectivity index (χ2v) is 8.63. The number of likely N-dealkylation sites (tertiary alicyclic amines) is 1. The molecule has 4 aromatic rings. The van der Waals surface area contributed by atoms with E-state index in [4.69, 9.17) is 9.47 Å². The Kier molecular flexibility index (Phi) is 6.65. The number of ether oxygens (including phenoxy) is 2. The van der Waals surface area contributed by atoms with Gasteiger partial charge in [0.25, 0.3) is 0 Å². The minimum absolute atomic E-state index is 0.00506. The molecule has 0 spiro atoms. The van der Waals surface area contributed by atoms with Crippen LogP contribution < -0.4 is 20.1 Å². The van der Waals surface area contributed by atoms with Crippen molar-refractivity contribution in [2.75, 3.05) is 37.9 Å². The summed E-state index contributed by atoms with van der Waals surface area (Å²) in [4.78, 5) is 27.8. The average molecular weight is 501 g/mol. The number of likely N-dealkylation sites (N-methyl/N-ethyl adjacent to an activating group) is 1. The summed E-state index contributed by atoms with van der Waals surface area (Å²) in [7, 11) is 3.54. The molecule has 0 saturated carbocycles.